The Morgan fingerprint density at radius 3 is 1.70 bits per heavy atom. The summed E-state index contributed by atoms with van der Waals surface area (Å²) in [5, 5.41) is 0. The van der Waals surface area contributed by atoms with Crippen LogP contribution in [0.15, 0.2) is 91.4 Å². The second-order valence-corrected chi connectivity index (χ2v) is 8.09. The maximum Gasteiger partial charge on any atom is 0.129 e. The second kappa shape index (κ2) is 11.8. The standard InChI is InChI=1S/C27H30N6/c1-23-10-8-14-27(31-23)33(22-26-13-4-7-17-30-26)19-9-18-32(20-24-11-2-5-15-28-24)21-25-12-3-6-16-29-25/h2-8,10-17H,9,18-22H2,1H3. The molecule has 6 nitrogen and oxygen atoms in total. The summed E-state index contributed by atoms with van der Waals surface area (Å²) in [6, 6.07) is 24.4. The lowest BCUT2D eigenvalue weighted by atomic mass is 10.2. The van der Waals surface area contributed by atoms with Crippen molar-refractivity contribution in [3.63, 3.8) is 0 Å². The molecular formula is C27H30N6. The molecule has 0 aromatic carbocycles. The summed E-state index contributed by atoms with van der Waals surface area (Å²) in [6.45, 7) is 6.16. The Bertz CT molecular complexity index is 1050. The smallest absolute Gasteiger partial charge is 0.129 e. The van der Waals surface area contributed by atoms with Crippen LogP contribution in [0, 0.1) is 6.92 Å². The van der Waals surface area contributed by atoms with E-state index in [0.29, 0.717) is 0 Å². The quantitative estimate of drug-likeness (QED) is 0.339. The first-order valence-corrected chi connectivity index (χ1v) is 11.4. The number of pyridine rings is 4. The SMILES string of the molecule is Cc1cccc(N(CCCN(Cc2ccccn2)Cc2ccccn2)Cc2ccccn2)n1. The topological polar surface area (TPSA) is 58.0 Å². The van der Waals surface area contributed by atoms with Gasteiger partial charge in [0.15, 0.2) is 0 Å². The lowest BCUT2D eigenvalue weighted by molar-refractivity contribution is 0.248. The molecule has 0 unspecified atom stereocenters. The number of aromatic nitrogens is 4. The number of hydrogen-bond donors (Lipinski definition) is 0. The average molecular weight is 439 g/mol. The fraction of sp³-hybridized carbons (Fsp3) is 0.259. The summed E-state index contributed by atoms with van der Waals surface area (Å²) >= 11 is 0. The molecule has 0 amide bonds. The average Bonchev–Trinajstić information content (AvgIpc) is 2.85. The highest BCUT2D eigenvalue weighted by Gasteiger charge is 2.13. The van der Waals surface area contributed by atoms with Crippen molar-refractivity contribution in [2.24, 2.45) is 0 Å². The minimum Gasteiger partial charge on any atom is -0.351 e. The maximum absolute atomic E-state index is 4.77. The third kappa shape index (κ3) is 7.19. The number of anilines is 1. The number of rotatable bonds is 11. The predicted molar refractivity (Wildman–Crippen MR) is 131 cm³/mol. The van der Waals surface area contributed by atoms with Gasteiger partial charge in [0.1, 0.15) is 5.82 Å². The normalized spacial score (nSPS) is 11.0. The molecule has 0 radical (unpaired) electrons. The third-order valence-corrected chi connectivity index (χ3v) is 5.40. The molecule has 0 spiro atoms. The molecule has 4 aromatic heterocycles. The van der Waals surface area contributed by atoms with Crippen LogP contribution in [0.2, 0.25) is 0 Å². The number of nitrogens with zero attached hydrogens (tertiary/aromatic N) is 6. The van der Waals surface area contributed by atoms with Crippen molar-refractivity contribution in [2.75, 3.05) is 18.0 Å². The molecule has 0 N–H and O–H groups in total. The maximum atomic E-state index is 4.77. The first kappa shape index (κ1) is 22.6. The zero-order valence-electron chi connectivity index (χ0n) is 19.1. The van der Waals surface area contributed by atoms with Crippen molar-refractivity contribution >= 4 is 5.82 Å². The van der Waals surface area contributed by atoms with E-state index < -0.39 is 0 Å². The van der Waals surface area contributed by atoms with Crippen molar-refractivity contribution in [3.05, 3.63) is 114 Å². The highest BCUT2D eigenvalue weighted by molar-refractivity contribution is 5.39. The van der Waals surface area contributed by atoms with E-state index in [0.717, 1.165) is 67.7 Å². The molecule has 0 atom stereocenters. The van der Waals surface area contributed by atoms with Gasteiger partial charge in [-0.15, -0.1) is 0 Å². The van der Waals surface area contributed by atoms with Gasteiger partial charge in [-0.2, -0.15) is 0 Å². The fourth-order valence-electron chi connectivity index (χ4n) is 3.81. The van der Waals surface area contributed by atoms with E-state index in [-0.39, 0.29) is 0 Å². The molecule has 0 aliphatic carbocycles. The molecule has 33 heavy (non-hydrogen) atoms. The van der Waals surface area contributed by atoms with Crippen LogP contribution in [-0.4, -0.2) is 37.9 Å². The van der Waals surface area contributed by atoms with Gasteiger partial charge in [-0.3, -0.25) is 19.9 Å². The van der Waals surface area contributed by atoms with Gasteiger partial charge in [0.25, 0.3) is 0 Å². The van der Waals surface area contributed by atoms with E-state index in [2.05, 4.69) is 55.1 Å². The summed E-state index contributed by atoms with van der Waals surface area (Å²) in [4.78, 5) is 23.1. The summed E-state index contributed by atoms with van der Waals surface area (Å²) in [7, 11) is 0. The molecule has 0 saturated heterocycles. The summed E-state index contributed by atoms with van der Waals surface area (Å²) in [5.41, 5.74) is 4.20. The number of hydrogen-bond acceptors (Lipinski definition) is 6. The Hall–Kier alpha value is -3.64. The van der Waals surface area contributed by atoms with E-state index in [1.54, 1.807) is 0 Å². The Labute approximate surface area is 196 Å². The van der Waals surface area contributed by atoms with E-state index >= 15 is 0 Å². The summed E-state index contributed by atoms with van der Waals surface area (Å²) in [6.07, 6.45) is 6.54. The van der Waals surface area contributed by atoms with Crippen LogP contribution < -0.4 is 4.90 Å². The van der Waals surface area contributed by atoms with Gasteiger partial charge in [-0.25, -0.2) is 4.98 Å². The highest BCUT2D eigenvalue weighted by atomic mass is 15.2. The van der Waals surface area contributed by atoms with E-state index in [1.165, 1.54) is 0 Å². The van der Waals surface area contributed by atoms with Crippen molar-refractivity contribution in [1.82, 2.24) is 24.8 Å². The zero-order chi connectivity index (χ0) is 22.7. The Morgan fingerprint density at radius 1 is 0.606 bits per heavy atom. The van der Waals surface area contributed by atoms with E-state index in [4.69, 9.17) is 4.98 Å². The monoisotopic (exact) mass is 438 g/mol. The zero-order valence-corrected chi connectivity index (χ0v) is 19.1. The summed E-state index contributed by atoms with van der Waals surface area (Å²) < 4.78 is 0. The predicted octanol–water partition coefficient (Wildman–Crippen LogP) is 4.67. The van der Waals surface area contributed by atoms with Crippen LogP contribution in [0.25, 0.3) is 0 Å². The molecule has 0 saturated carbocycles. The molecule has 6 heteroatoms. The van der Waals surface area contributed by atoms with Crippen molar-refractivity contribution in [3.8, 4) is 0 Å². The van der Waals surface area contributed by atoms with Gasteiger partial charge in [0.2, 0.25) is 0 Å². The molecule has 0 aliphatic heterocycles. The Kier molecular flexibility index (Phi) is 8.08. The lowest BCUT2D eigenvalue weighted by Crippen LogP contribution is -2.30. The molecule has 0 bridgehead atoms. The van der Waals surface area contributed by atoms with Gasteiger partial charge < -0.3 is 4.90 Å². The molecule has 0 aliphatic rings. The van der Waals surface area contributed by atoms with Crippen molar-refractivity contribution in [2.45, 2.75) is 33.0 Å². The van der Waals surface area contributed by atoms with E-state index in [1.807, 2.05) is 68.0 Å². The molecule has 4 heterocycles. The number of aryl methyl sites for hydroxylation is 1. The van der Waals surface area contributed by atoms with Crippen LogP contribution in [0.5, 0.6) is 0 Å². The molecule has 0 fully saturated rings. The van der Waals surface area contributed by atoms with Crippen LogP contribution in [-0.2, 0) is 19.6 Å². The van der Waals surface area contributed by atoms with Gasteiger partial charge in [-0.05, 0) is 61.9 Å². The minimum atomic E-state index is 0.734. The van der Waals surface area contributed by atoms with Gasteiger partial charge in [0, 0.05) is 50.5 Å². The molecule has 4 rings (SSSR count). The minimum absolute atomic E-state index is 0.734. The van der Waals surface area contributed by atoms with Crippen LogP contribution >= 0.6 is 0 Å². The van der Waals surface area contributed by atoms with Crippen LogP contribution in [0.1, 0.15) is 29.2 Å². The summed E-state index contributed by atoms with van der Waals surface area (Å²) in [5.74, 6) is 0.988. The van der Waals surface area contributed by atoms with Crippen LogP contribution in [0.4, 0.5) is 5.82 Å². The largest absolute Gasteiger partial charge is 0.351 e. The first-order valence-electron chi connectivity index (χ1n) is 11.4. The third-order valence-electron chi connectivity index (χ3n) is 5.40. The Balaban J connectivity index is 1.44. The molecule has 4 aromatic rings. The molecule has 168 valence electrons. The van der Waals surface area contributed by atoms with Crippen LogP contribution in [0.3, 0.4) is 0 Å². The second-order valence-electron chi connectivity index (χ2n) is 8.09. The lowest BCUT2D eigenvalue weighted by Gasteiger charge is -2.26. The Morgan fingerprint density at radius 2 is 1.18 bits per heavy atom. The van der Waals surface area contributed by atoms with Crippen molar-refractivity contribution < 1.29 is 0 Å². The first-order chi connectivity index (χ1) is 16.3. The van der Waals surface area contributed by atoms with Gasteiger partial charge >= 0.3 is 0 Å². The van der Waals surface area contributed by atoms with Gasteiger partial charge in [-0.1, -0.05) is 24.3 Å². The van der Waals surface area contributed by atoms with Gasteiger partial charge in [0.05, 0.1) is 23.6 Å². The molecular weight excluding hydrogens is 408 g/mol. The highest BCUT2D eigenvalue weighted by Crippen LogP contribution is 2.16. The fourth-order valence-corrected chi connectivity index (χ4v) is 3.81. The van der Waals surface area contributed by atoms with Crippen molar-refractivity contribution in [1.29, 1.82) is 0 Å². The van der Waals surface area contributed by atoms with E-state index in [9.17, 15) is 0 Å².